The summed E-state index contributed by atoms with van der Waals surface area (Å²) in [5, 5.41) is 7.24. The molecule has 4 aromatic carbocycles. The summed E-state index contributed by atoms with van der Waals surface area (Å²) in [4.78, 5) is 23.6. The fourth-order valence-corrected chi connectivity index (χ4v) is 5.85. The highest BCUT2D eigenvalue weighted by molar-refractivity contribution is 7.17. The van der Waals surface area contributed by atoms with Gasteiger partial charge in [-0.3, -0.25) is 4.79 Å². The van der Waals surface area contributed by atoms with Crippen LogP contribution in [0.15, 0.2) is 83.6 Å². The van der Waals surface area contributed by atoms with Crippen LogP contribution < -0.4 is 11.1 Å². The lowest BCUT2D eigenvalue weighted by Gasteiger charge is -2.07. The Kier molecular flexibility index (Phi) is 14.0. The van der Waals surface area contributed by atoms with Gasteiger partial charge in [0.05, 0.1) is 32.1 Å². The number of thiophene rings is 2. The Morgan fingerprint density at radius 3 is 1.67 bits per heavy atom. The molecule has 2 heterocycles. The summed E-state index contributed by atoms with van der Waals surface area (Å²) in [6, 6.07) is 16.8. The summed E-state index contributed by atoms with van der Waals surface area (Å²) >= 11 is 13.5. The predicted molar refractivity (Wildman–Crippen MR) is 184 cm³/mol. The lowest BCUT2D eigenvalue weighted by Crippen LogP contribution is -2.12. The van der Waals surface area contributed by atoms with Gasteiger partial charge in [-0.05, 0) is 83.6 Å². The van der Waals surface area contributed by atoms with E-state index in [1.54, 1.807) is 22.9 Å². The Morgan fingerprint density at radius 2 is 1.17 bits per heavy atom. The zero-order valence-corrected chi connectivity index (χ0v) is 25.6. The van der Waals surface area contributed by atoms with Crippen molar-refractivity contribution in [3.63, 3.8) is 0 Å². The topological polar surface area (TPSA) is 81.4 Å². The normalized spacial score (nSPS) is 9.98. The molecule has 2 aromatic heterocycles. The number of halogens is 6. The fraction of sp³-hybridized carbons (Fsp3) is 0.0909. The first-order valence-corrected chi connectivity index (χ1v) is 14.9. The van der Waals surface area contributed by atoms with Gasteiger partial charge in [0, 0.05) is 27.7 Å². The number of fused-ring (bicyclic) bond motifs is 2. The van der Waals surface area contributed by atoms with Crippen molar-refractivity contribution < 1.29 is 31.9 Å². The van der Waals surface area contributed by atoms with Gasteiger partial charge in [0.2, 0.25) is 0 Å². The smallest absolute Gasteiger partial charge is 0.338 e. The molecule has 6 rings (SSSR count). The highest BCUT2D eigenvalue weighted by Crippen LogP contribution is 2.29. The van der Waals surface area contributed by atoms with E-state index in [1.165, 1.54) is 90.4 Å². The second kappa shape index (κ2) is 17.0. The molecule has 6 aromatic rings. The highest BCUT2D eigenvalue weighted by Gasteiger charge is 2.15. The average Bonchev–Trinajstić information content (AvgIpc) is 3.70. The molecule has 0 bridgehead atoms. The van der Waals surface area contributed by atoms with Crippen molar-refractivity contribution in [2.45, 2.75) is 14.9 Å². The van der Waals surface area contributed by atoms with Crippen molar-refractivity contribution in [1.82, 2.24) is 0 Å². The largest absolute Gasteiger partial charge is 0.465 e. The van der Waals surface area contributed by atoms with E-state index >= 15 is 0 Å². The molecule has 0 unspecified atom stereocenters. The number of esters is 1. The quantitative estimate of drug-likeness (QED) is 0.109. The zero-order valence-electron chi connectivity index (χ0n) is 22.5. The SMILES string of the molecule is C.C.COC(=O)c1ccc(F)c2sccc12.Nc1ccc(F)c(Cl)c1.O=C(Nc1ccc(F)c(Cl)c1)c1ccc(F)c2sccc12. The second-order valence-electron chi connectivity index (χ2n) is 8.76. The molecule has 5 nitrogen and oxygen atoms in total. The van der Waals surface area contributed by atoms with Crippen molar-refractivity contribution in [2.24, 2.45) is 0 Å². The van der Waals surface area contributed by atoms with Crippen LogP contribution in [0.4, 0.5) is 28.9 Å². The second-order valence-corrected chi connectivity index (χ2v) is 11.4. The summed E-state index contributed by atoms with van der Waals surface area (Å²) in [6.45, 7) is 0. The molecule has 46 heavy (non-hydrogen) atoms. The molecule has 0 aliphatic rings. The summed E-state index contributed by atoms with van der Waals surface area (Å²) in [7, 11) is 1.31. The summed E-state index contributed by atoms with van der Waals surface area (Å²) in [5.41, 5.74) is 6.89. The van der Waals surface area contributed by atoms with Crippen LogP contribution in [-0.4, -0.2) is 19.0 Å². The van der Waals surface area contributed by atoms with Crippen LogP contribution in [0.1, 0.15) is 35.6 Å². The van der Waals surface area contributed by atoms with Gasteiger partial charge in [-0.2, -0.15) is 0 Å². The Balaban J connectivity index is 0.000000256. The van der Waals surface area contributed by atoms with E-state index in [-0.39, 0.29) is 36.5 Å². The Labute approximate surface area is 281 Å². The number of hydrogen-bond acceptors (Lipinski definition) is 6. The van der Waals surface area contributed by atoms with E-state index in [2.05, 4.69) is 10.1 Å². The van der Waals surface area contributed by atoms with Crippen LogP contribution >= 0.6 is 45.9 Å². The number of nitrogen functional groups attached to an aromatic ring is 1. The number of carbonyl (C=O) groups excluding carboxylic acids is 2. The lowest BCUT2D eigenvalue weighted by molar-refractivity contribution is 0.0603. The van der Waals surface area contributed by atoms with Gasteiger partial charge < -0.3 is 15.8 Å². The Hall–Kier alpha value is -4.16. The third-order valence-corrected chi connectivity index (χ3v) is 8.33. The van der Waals surface area contributed by atoms with E-state index in [1.807, 2.05) is 0 Å². The number of benzene rings is 4. The molecule has 0 fully saturated rings. The van der Waals surface area contributed by atoms with Gasteiger partial charge in [-0.25, -0.2) is 22.4 Å². The van der Waals surface area contributed by atoms with Crippen LogP contribution in [-0.2, 0) is 4.74 Å². The average molecular weight is 712 g/mol. The maximum atomic E-state index is 13.6. The summed E-state index contributed by atoms with van der Waals surface area (Å²) in [5.74, 6) is -2.50. The molecule has 0 aliphatic heterocycles. The molecule has 1 amide bonds. The van der Waals surface area contributed by atoms with Gasteiger partial charge >= 0.3 is 5.97 Å². The maximum Gasteiger partial charge on any atom is 0.338 e. The number of methoxy groups -OCH3 is 1. The fourth-order valence-electron chi connectivity index (χ4n) is 3.83. The van der Waals surface area contributed by atoms with Crippen molar-refractivity contribution >= 4 is 89.3 Å². The Bertz CT molecular complexity index is 1980. The van der Waals surface area contributed by atoms with E-state index in [4.69, 9.17) is 28.9 Å². The van der Waals surface area contributed by atoms with E-state index in [0.29, 0.717) is 42.7 Å². The molecule has 0 spiro atoms. The number of hydrogen-bond donors (Lipinski definition) is 2. The number of nitrogens with two attached hydrogens (primary N) is 1. The summed E-state index contributed by atoms with van der Waals surface area (Å²) in [6.07, 6.45) is 0. The number of ether oxygens (including phenoxy) is 1. The number of rotatable bonds is 3. The molecule has 0 atom stereocenters. The number of amides is 1. The monoisotopic (exact) mass is 710 g/mol. The van der Waals surface area contributed by atoms with Gasteiger partial charge in [0.1, 0.15) is 23.3 Å². The van der Waals surface area contributed by atoms with Crippen LogP contribution in [0.2, 0.25) is 10.0 Å². The van der Waals surface area contributed by atoms with Crippen molar-refractivity contribution in [2.75, 3.05) is 18.2 Å². The minimum Gasteiger partial charge on any atom is -0.465 e. The minimum atomic E-state index is -0.559. The first-order valence-electron chi connectivity index (χ1n) is 12.4. The first kappa shape index (κ1) is 38.0. The van der Waals surface area contributed by atoms with E-state index in [0.717, 1.165) is 0 Å². The standard InChI is InChI=1S/C15H8ClF2NOS.C10H7FO2S.C6H5ClFN.2CH4/c16-11-7-8(1-3-12(11)17)19-15(20)10-2-4-13(18)14-9(10)5-6-21-14;1-13-10(12)7-2-3-8(11)9-6(7)4-5-14-9;7-5-3-4(9)1-2-6(5)8;;/h1-7H,(H,19,20);2-5H,1H3;1-3H,9H2;2*1H4. The maximum absolute atomic E-state index is 13.6. The number of nitrogens with one attached hydrogen (secondary N) is 1. The van der Waals surface area contributed by atoms with Crippen LogP contribution in [0.25, 0.3) is 20.2 Å². The third-order valence-electron chi connectivity index (χ3n) is 5.91. The van der Waals surface area contributed by atoms with Crippen LogP contribution in [0.3, 0.4) is 0 Å². The number of anilines is 2. The molecule has 0 aliphatic carbocycles. The minimum absolute atomic E-state index is 0. The molecular formula is C33H28Cl2F4N2O3S2. The molecule has 3 N–H and O–H groups in total. The first-order chi connectivity index (χ1) is 21.0. The lowest BCUT2D eigenvalue weighted by atomic mass is 10.1. The summed E-state index contributed by atoms with van der Waals surface area (Å²) < 4.78 is 57.7. The van der Waals surface area contributed by atoms with Crippen LogP contribution in [0.5, 0.6) is 0 Å². The molecule has 0 saturated carbocycles. The highest BCUT2D eigenvalue weighted by atomic mass is 35.5. The van der Waals surface area contributed by atoms with Crippen LogP contribution in [0, 0.1) is 23.3 Å². The number of carbonyl (C=O) groups is 2. The molecule has 0 radical (unpaired) electrons. The van der Waals surface area contributed by atoms with Gasteiger partial charge in [-0.15, -0.1) is 22.7 Å². The Morgan fingerprint density at radius 1 is 0.696 bits per heavy atom. The third kappa shape index (κ3) is 8.97. The molecule has 13 heteroatoms. The van der Waals surface area contributed by atoms with Crippen molar-refractivity contribution in [3.05, 3.63) is 128 Å². The predicted octanol–water partition coefficient (Wildman–Crippen LogP) is 11.2. The van der Waals surface area contributed by atoms with Crippen molar-refractivity contribution in [1.29, 1.82) is 0 Å². The van der Waals surface area contributed by atoms with E-state index < -0.39 is 23.5 Å². The van der Waals surface area contributed by atoms with Gasteiger partial charge in [0.15, 0.2) is 0 Å². The van der Waals surface area contributed by atoms with Crippen molar-refractivity contribution in [3.8, 4) is 0 Å². The van der Waals surface area contributed by atoms with Gasteiger partial charge in [-0.1, -0.05) is 38.1 Å². The van der Waals surface area contributed by atoms with E-state index in [9.17, 15) is 27.2 Å². The molecule has 242 valence electrons. The molecule has 0 saturated heterocycles. The zero-order chi connectivity index (χ0) is 32.0. The van der Waals surface area contributed by atoms with Gasteiger partial charge in [0.25, 0.3) is 5.91 Å². The molecular weight excluding hydrogens is 683 g/mol.